The summed E-state index contributed by atoms with van der Waals surface area (Å²) < 4.78 is 8.27. The van der Waals surface area contributed by atoms with Gasteiger partial charge in [-0.1, -0.05) is 6.92 Å². The fraction of sp³-hybridized carbons (Fsp3) is 0.533. The van der Waals surface area contributed by atoms with Gasteiger partial charge in [-0.3, -0.25) is 9.89 Å². The average Bonchev–Trinajstić information content (AvgIpc) is 3.15. The van der Waals surface area contributed by atoms with Crippen molar-refractivity contribution in [2.45, 2.75) is 38.8 Å². The Morgan fingerprint density at radius 1 is 1.65 bits per heavy atom. The largest absolute Gasteiger partial charge is 0.372 e. The predicted molar refractivity (Wildman–Crippen MR) is 91.1 cm³/mol. The summed E-state index contributed by atoms with van der Waals surface area (Å²) in [6, 6.07) is 2.13. The van der Waals surface area contributed by atoms with E-state index in [0.717, 1.165) is 18.7 Å². The van der Waals surface area contributed by atoms with Crippen molar-refractivity contribution in [3.63, 3.8) is 0 Å². The molecule has 0 bridgehead atoms. The van der Waals surface area contributed by atoms with E-state index in [-0.39, 0.29) is 12.0 Å². The van der Waals surface area contributed by atoms with E-state index in [0.29, 0.717) is 30.9 Å². The number of aryl methyl sites for hydroxylation is 1. The van der Waals surface area contributed by atoms with Gasteiger partial charge in [0.15, 0.2) is 4.77 Å². The number of aromatic amines is 1. The molecule has 0 spiro atoms. The average molecular weight is 352 g/mol. The van der Waals surface area contributed by atoms with Gasteiger partial charge in [-0.05, 0) is 35.6 Å². The molecule has 2 aromatic rings. The van der Waals surface area contributed by atoms with Gasteiger partial charge in [-0.25, -0.2) is 0 Å². The van der Waals surface area contributed by atoms with Gasteiger partial charge in [-0.15, -0.1) is 11.3 Å². The highest BCUT2D eigenvalue weighted by atomic mass is 32.1. The molecular formula is C15H20N4O2S2. The maximum absolute atomic E-state index is 12.2. The zero-order valence-electron chi connectivity index (χ0n) is 13.0. The van der Waals surface area contributed by atoms with Crippen molar-refractivity contribution in [3.05, 3.63) is 32.5 Å². The Labute approximate surface area is 143 Å². The molecule has 1 atom stereocenters. The summed E-state index contributed by atoms with van der Waals surface area (Å²) in [6.45, 7) is 3.87. The van der Waals surface area contributed by atoms with Crippen LogP contribution in [0.25, 0.3) is 0 Å². The third-order valence-electron chi connectivity index (χ3n) is 3.95. The zero-order chi connectivity index (χ0) is 16.2. The van der Waals surface area contributed by atoms with Crippen LogP contribution in [0.1, 0.15) is 35.7 Å². The highest BCUT2D eigenvalue weighted by molar-refractivity contribution is 7.71. The number of aromatic nitrogens is 3. The molecule has 2 aromatic heterocycles. The van der Waals surface area contributed by atoms with E-state index >= 15 is 0 Å². The van der Waals surface area contributed by atoms with Crippen LogP contribution in [0.5, 0.6) is 0 Å². The van der Waals surface area contributed by atoms with E-state index in [1.807, 2.05) is 11.5 Å². The summed E-state index contributed by atoms with van der Waals surface area (Å²) in [4.78, 5) is 13.4. The number of carbonyl (C=O) groups is 1. The van der Waals surface area contributed by atoms with Crippen molar-refractivity contribution in [2.24, 2.45) is 0 Å². The Bertz CT molecular complexity index is 734. The van der Waals surface area contributed by atoms with E-state index in [2.05, 4.69) is 27.0 Å². The van der Waals surface area contributed by atoms with Gasteiger partial charge < -0.3 is 14.6 Å². The standard InChI is InChI=1S/C15H20N4O2S2/c1-2-12-17-18-15(22)19(12)6-5-16-13(20)9-11-14-10(3-7-21-11)4-8-23-14/h4,8,11H,2-3,5-7,9H2,1H3,(H,16,20)(H,18,22). The first-order chi connectivity index (χ1) is 11.2. The smallest absolute Gasteiger partial charge is 0.223 e. The summed E-state index contributed by atoms with van der Waals surface area (Å²) in [5, 5.41) is 12.0. The molecule has 3 rings (SSSR count). The minimum absolute atomic E-state index is 0.00399. The van der Waals surface area contributed by atoms with Crippen LogP contribution < -0.4 is 5.32 Å². The number of thiophene rings is 1. The molecule has 0 saturated carbocycles. The normalized spacial score (nSPS) is 17.0. The van der Waals surface area contributed by atoms with Crippen LogP contribution in [0.15, 0.2) is 11.4 Å². The van der Waals surface area contributed by atoms with E-state index < -0.39 is 0 Å². The van der Waals surface area contributed by atoms with Crippen molar-refractivity contribution in [1.29, 1.82) is 0 Å². The Balaban J connectivity index is 1.51. The van der Waals surface area contributed by atoms with Crippen molar-refractivity contribution in [2.75, 3.05) is 13.2 Å². The maximum Gasteiger partial charge on any atom is 0.223 e. The molecule has 6 nitrogen and oxygen atoms in total. The van der Waals surface area contributed by atoms with E-state index in [9.17, 15) is 4.79 Å². The Hall–Kier alpha value is -1.51. The van der Waals surface area contributed by atoms with Crippen molar-refractivity contribution in [3.8, 4) is 0 Å². The van der Waals surface area contributed by atoms with Crippen molar-refractivity contribution in [1.82, 2.24) is 20.1 Å². The first-order valence-corrected chi connectivity index (χ1v) is 9.06. The lowest BCUT2D eigenvalue weighted by Crippen LogP contribution is -2.30. The summed E-state index contributed by atoms with van der Waals surface area (Å²) in [5.74, 6) is 0.910. The quantitative estimate of drug-likeness (QED) is 0.783. The number of amides is 1. The molecule has 1 aliphatic rings. The first kappa shape index (κ1) is 16.4. The lowest BCUT2D eigenvalue weighted by atomic mass is 10.1. The molecule has 0 aliphatic carbocycles. The van der Waals surface area contributed by atoms with Crippen LogP contribution in [0.2, 0.25) is 0 Å². The van der Waals surface area contributed by atoms with Gasteiger partial charge in [0.05, 0.1) is 13.0 Å². The maximum atomic E-state index is 12.2. The second-order valence-electron chi connectivity index (χ2n) is 5.42. The second kappa shape index (κ2) is 7.37. The molecule has 0 fully saturated rings. The molecule has 124 valence electrons. The Kier molecular flexibility index (Phi) is 5.24. The van der Waals surface area contributed by atoms with Gasteiger partial charge in [-0.2, -0.15) is 5.10 Å². The molecule has 0 aromatic carbocycles. The van der Waals surface area contributed by atoms with E-state index in [1.54, 1.807) is 11.3 Å². The number of nitrogens with one attached hydrogen (secondary N) is 2. The molecule has 1 amide bonds. The molecule has 0 radical (unpaired) electrons. The molecule has 0 saturated heterocycles. The van der Waals surface area contributed by atoms with Crippen LogP contribution in [0.4, 0.5) is 0 Å². The first-order valence-electron chi connectivity index (χ1n) is 7.77. The van der Waals surface area contributed by atoms with Crippen LogP contribution in [0.3, 0.4) is 0 Å². The van der Waals surface area contributed by atoms with Crippen molar-refractivity contribution < 1.29 is 9.53 Å². The lowest BCUT2D eigenvalue weighted by Gasteiger charge is -2.22. The highest BCUT2D eigenvalue weighted by Crippen LogP contribution is 2.33. The molecule has 23 heavy (non-hydrogen) atoms. The number of H-pyrrole nitrogens is 1. The van der Waals surface area contributed by atoms with Crippen LogP contribution in [-0.2, 0) is 28.9 Å². The summed E-state index contributed by atoms with van der Waals surface area (Å²) in [5.41, 5.74) is 1.32. The number of hydrogen-bond donors (Lipinski definition) is 2. The van der Waals surface area contributed by atoms with Crippen LogP contribution >= 0.6 is 23.6 Å². The van der Waals surface area contributed by atoms with Gasteiger partial charge >= 0.3 is 0 Å². The molecule has 2 N–H and O–H groups in total. The van der Waals surface area contributed by atoms with Crippen molar-refractivity contribution >= 4 is 29.5 Å². The lowest BCUT2D eigenvalue weighted by molar-refractivity contribution is -0.124. The third-order valence-corrected chi connectivity index (χ3v) is 5.31. The van der Waals surface area contributed by atoms with Crippen LogP contribution in [0, 0.1) is 4.77 Å². The number of nitrogens with zero attached hydrogens (tertiary/aromatic N) is 2. The number of ether oxygens (including phenoxy) is 1. The summed E-state index contributed by atoms with van der Waals surface area (Å²) in [6.07, 6.45) is 2.00. The molecule has 3 heterocycles. The van der Waals surface area contributed by atoms with E-state index in [1.165, 1.54) is 10.4 Å². The highest BCUT2D eigenvalue weighted by Gasteiger charge is 2.24. The predicted octanol–water partition coefficient (Wildman–Crippen LogP) is 2.38. The fourth-order valence-electron chi connectivity index (χ4n) is 2.77. The minimum atomic E-state index is -0.110. The molecular weight excluding hydrogens is 332 g/mol. The SMILES string of the molecule is CCc1n[nH]c(=S)n1CCNC(=O)CC1OCCc2ccsc21. The van der Waals surface area contributed by atoms with Crippen LogP contribution in [-0.4, -0.2) is 33.8 Å². The van der Waals surface area contributed by atoms with Gasteiger partial charge in [0.25, 0.3) is 0 Å². The summed E-state index contributed by atoms with van der Waals surface area (Å²) >= 11 is 6.87. The Morgan fingerprint density at radius 3 is 3.35 bits per heavy atom. The minimum Gasteiger partial charge on any atom is -0.372 e. The second-order valence-corrected chi connectivity index (χ2v) is 6.76. The Morgan fingerprint density at radius 2 is 2.52 bits per heavy atom. The fourth-order valence-corrected chi connectivity index (χ4v) is 4.02. The molecule has 1 aliphatic heterocycles. The molecule has 1 unspecified atom stereocenters. The monoisotopic (exact) mass is 352 g/mol. The number of hydrogen-bond acceptors (Lipinski definition) is 5. The third kappa shape index (κ3) is 3.70. The topological polar surface area (TPSA) is 71.9 Å². The number of rotatable bonds is 6. The molecule has 8 heteroatoms. The van der Waals surface area contributed by atoms with E-state index in [4.69, 9.17) is 17.0 Å². The van der Waals surface area contributed by atoms with Gasteiger partial charge in [0.2, 0.25) is 5.91 Å². The van der Waals surface area contributed by atoms with Gasteiger partial charge in [0.1, 0.15) is 11.9 Å². The zero-order valence-corrected chi connectivity index (χ0v) is 14.6. The number of carbonyl (C=O) groups excluding carboxylic acids is 1. The summed E-state index contributed by atoms with van der Waals surface area (Å²) in [7, 11) is 0. The van der Waals surface area contributed by atoms with Gasteiger partial charge in [0, 0.05) is 24.4 Å². The number of fused-ring (bicyclic) bond motifs is 1.